The zero-order chi connectivity index (χ0) is 23.9. The Labute approximate surface area is 198 Å². The number of aliphatic carboxylic acids is 1. The Kier molecular flexibility index (Phi) is 5.47. The first-order valence-electron chi connectivity index (χ1n) is 13.2. The van der Waals surface area contributed by atoms with Gasteiger partial charge in [0.2, 0.25) is 0 Å². The molecular formula is C28H42O5. The van der Waals surface area contributed by atoms with Gasteiger partial charge < -0.3 is 20.1 Å². The van der Waals surface area contributed by atoms with Crippen molar-refractivity contribution in [2.24, 2.45) is 40.4 Å². The quantitative estimate of drug-likeness (QED) is 0.410. The molecule has 4 fully saturated rings. The van der Waals surface area contributed by atoms with Gasteiger partial charge in [0.05, 0.1) is 11.5 Å². The monoisotopic (exact) mass is 458 g/mol. The van der Waals surface area contributed by atoms with Crippen molar-refractivity contribution in [1.82, 2.24) is 0 Å². The predicted molar refractivity (Wildman–Crippen MR) is 126 cm³/mol. The van der Waals surface area contributed by atoms with Gasteiger partial charge in [-0.25, -0.2) is 0 Å². The van der Waals surface area contributed by atoms with Crippen molar-refractivity contribution >= 4 is 5.97 Å². The highest BCUT2D eigenvalue weighted by atomic mass is 16.6. The maximum Gasteiger partial charge on any atom is 0.314 e. The van der Waals surface area contributed by atoms with Crippen LogP contribution in [0.15, 0.2) is 23.3 Å². The van der Waals surface area contributed by atoms with Gasteiger partial charge >= 0.3 is 5.97 Å². The summed E-state index contributed by atoms with van der Waals surface area (Å²) in [5.41, 5.74) is 0.548. The Morgan fingerprint density at radius 2 is 1.82 bits per heavy atom. The second kappa shape index (κ2) is 7.66. The summed E-state index contributed by atoms with van der Waals surface area (Å²) in [7, 11) is 0. The number of hydrogen-bond acceptors (Lipinski definition) is 4. The molecule has 0 bridgehead atoms. The Balaban J connectivity index is 1.54. The van der Waals surface area contributed by atoms with Crippen molar-refractivity contribution < 1.29 is 24.9 Å². The number of hydrogen-bond donors (Lipinski definition) is 3. The van der Waals surface area contributed by atoms with Gasteiger partial charge in [0.25, 0.3) is 0 Å². The summed E-state index contributed by atoms with van der Waals surface area (Å²) in [5.74, 6) is 0.679. The van der Waals surface area contributed by atoms with E-state index in [4.69, 9.17) is 4.74 Å². The minimum atomic E-state index is -0.878. The number of aliphatic hydroxyl groups is 2. The number of carbonyl (C=O) groups is 1. The van der Waals surface area contributed by atoms with Crippen molar-refractivity contribution in [2.45, 2.75) is 103 Å². The zero-order valence-electron chi connectivity index (χ0n) is 20.9. The van der Waals surface area contributed by atoms with Crippen LogP contribution >= 0.6 is 0 Å². The number of rotatable bonds is 5. The van der Waals surface area contributed by atoms with E-state index < -0.39 is 23.1 Å². The molecule has 5 aliphatic rings. The molecule has 33 heavy (non-hydrogen) atoms. The molecule has 0 aromatic heterocycles. The van der Waals surface area contributed by atoms with E-state index in [0.717, 1.165) is 43.3 Å². The lowest BCUT2D eigenvalue weighted by atomic mass is 9.47. The molecule has 0 unspecified atom stereocenters. The smallest absolute Gasteiger partial charge is 0.314 e. The first-order chi connectivity index (χ1) is 15.5. The maximum absolute atomic E-state index is 13.0. The summed E-state index contributed by atoms with van der Waals surface area (Å²) >= 11 is 0. The largest absolute Gasteiger partial charge is 0.481 e. The van der Waals surface area contributed by atoms with E-state index >= 15 is 0 Å². The van der Waals surface area contributed by atoms with Crippen molar-refractivity contribution in [2.75, 3.05) is 0 Å². The van der Waals surface area contributed by atoms with Crippen LogP contribution in [0.25, 0.3) is 0 Å². The van der Waals surface area contributed by atoms with Gasteiger partial charge in [-0.3, -0.25) is 4.79 Å². The van der Waals surface area contributed by atoms with Crippen molar-refractivity contribution in [3.05, 3.63) is 23.3 Å². The molecule has 5 nitrogen and oxygen atoms in total. The Bertz CT molecular complexity index is 891. The molecule has 0 aromatic rings. The number of allylic oxidation sites excluding steroid dienone is 2. The van der Waals surface area contributed by atoms with E-state index in [-0.39, 0.29) is 35.4 Å². The van der Waals surface area contributed by atoms with Crippen molar-refractivity contribution in [3.63, 3.8) is 0 Å². The van der Waals surface area contributed by atoms with E-state index in [1.165, 1.54) is 0 Å². The molecule has 1 spiro atoms. The van der Waals surface area contributed by atoms with E-state index in [1.807, 2.05) is 0 Å². The van der Waals surface area contributed by atoms with Crippen LogP contribution in [0.3, 0.4) is 0 Å². The fourth-order valence-electron chi connectivity index (χ4n) is 8.46. The third-order valence-electron chi connectivity index (χ3n) is 10.8. The van der Waals surface area contributed by atoms with Gasteiger partial charge in [-0.2, -0.15) is 0 Å². The predicted octanol–water partition coefficient (Wildman–Crippen LogP) is 4.72. The van der Waals surface area contributed by atoms with Gasteiger partial charge in [-0.05, 0) is 73.7 Å². The number of fused-ring (bicyclic) bond motifs is 3. The second-order valence-electron chi connectivity index (χ2n) is 12.5. The standard InChI is InChI=1S/C28H42O5/c1-15(2)16(3)6-7-17(4)19-8-9-21-22-20(11-13-27(19,21)25(31)32)26(5)12-10-18(29)14-28(26)24(33-28)23(22)30/h6-7,15-20,23-24,29-30H,8-14H2,1-5H3,(H,31,32)/b7-6+/t16-,17+,18-,19+,20-,23+,24-,26+,27-,28-/m0/s1. The zero-order valence-corrected chi connectivity index (χ0v) is 20.9. The number of carboxylic acids is 1. The molecule has 3 saturated carbocycles. The summed E-state index contributed by atoms with van der Waals surface area (Å²) in [6, 6.07) is 0. The van der Waals surface area contributed by atoms with Crippen LogP contribution in [-0.4, -0.2) is 45.2 Å². The Morgan fingerprint density at radius 1 is 1.09 bits per heavy atom. The minimum Gasteiger partial charge on any atom is -0.481 e. The number of aliphatic hydroxyl groups excluding tert-OH is 2. The molecule has 10 atom stereocenters. The fourth-order valence-corrected chi connectivity index (χ4v) is 8.46. The van der Waals surface area contributed by atoms with Crippen LogP contribution in [-0.2, 0) is 9.53 Å². The topological polar surface area (TPSA) is 90.3 Å². The Hall–Kier alpha value is -1.17. The number of carboxylic acid groups (broad SMARTS) is 1. The highest BCUT2D eigenvalue weighted by Gasteiger charge is 2.77. The molecule has 3 N–H and O–H groups in total. The van der Waals surface area contributed by atoms with E-state index in [0.29, 0.717) is 24.7 Å². The second-order valence-corrected chi connectivity index (χ2v) is 12.5. The van der Waals surface area contributed by atoms with Crippen LogP contribution in [0, 0.1) is 40.4 Å². The SMILES string of the molecule is CC(C)[C@@H](C)/C=C/[C@@H](C)[C@H]1CCC2=C3[C@@H](O)[C@@H]4O[C@@]45C[C@@H](O)CC[C@]5(C)[C@H]3CC[C@@]21C(=O)O. The lowest BCUT2D eigenvalue weighted by Crippen LogP contribution is -2.58. The maximum atomic E-state index is 13.0. The van der Waals surface area contributed by atoms with Crippen LogP contribution < -0.4 is 0 Å². The molecule has 0 radical (unpaired) electrons. The molecule has 0 aromatic carbocycles. The fraction of sp³-hybridized carbons (Fsp3) is 0.821. The molecule has 1 aliphatic heterocycles. The molecule has 5 rings (SSSR count). The van der Waals surface area contributed by atoms with E-state index in [2.05, 4.69) is 46.8 Å². The van der Waals surface area contributed by atoms with Crippen molar-refractivity contribution in [1.29, 1.82) is 0 Å². The molecule has 0 amide bonds. The number of epoxide rings is 1. The molecule has 1 saturated heterocycles. The van der Waals surface area contributed by atoms with Gasteiger partial charge in [0.1, 0.15) is 17.8 Å². The van der Waals surface area contributed by atoms with Crippen molar-refractivity contribution in [3.8, 4) is 0 Å². The number of ether oxygens (including phenoxy) is 1. The average Bonchev–Trinajstić information content (AvgIpc) is 3.35. The highest BCUT2D eigenvalue weighted by Crippen LogP contribution is 2.72. The average molecular weight is 459 g/mol. The van der Waals surface area contributed by atoms with Crippen LogP contribution in [0.2, 0.25) is 0 Å². The van der Waals surface area contributed by atoms with Crippen LogP contribution in [0.4, 0.5) is 0 Å². The highest BCUT2D eigenvalue weighted by molar-refractivity contribution is 5.81. The summed E-state index contributed by atoms with van der Waals surface area (Å²) < 4.78 is 6.25. The van der Waals surface area contributed by atoms with Gasteiger partial charge in [-0.1, -0.05) is 52.3 Å². The molecule has 1 heterocycles. The third kappa shape index (κ3) is 3.04. The minimum absolute atomic E-state index is 0.0500. The molecule has 4 aliphatic carbocycles. The summed E-state index contributed by atoms with van der Waals surface area (Å²) in [6.45, 7) is 11.1. The summed E-state index contributed by atoms with van der Waals surface area (Å²) in [4.78, 5) is 13.0. The first kappa shape index (κ1) is 23.6. The molecule has 184 valence electrons. The first-order valence-corrected chi connectivity index (χ1v) is 13.2. The summed E-state index contributed by atoms with van der Waals surface area (Å²) in [5, 5.41) is 32.5. The van der Waals surface area contributed by atoms with E-state index in [9.17, 15) is 20.1 Å². The lowest BCUT2D eigenvalue weighted by Gasteiger charge is -2.55. The van der Waals surface area contributed by atoms with Gasteiger partial charge in [0.15, 0.2) is 0 Å². The molecular weight excluding hydrogens is 416 g/mol. The Morgan fingerprint density at radius 3 is 2.48 bits per heavy atom. The summed E-state index contributed by atoms with van der Waals surface area (Å²) in [6.07, 6.45) is 8.34. The van der Waals surface area contributed by atoms with Gasteiger partial charge in [0, 0.05) is 11.8 Å². The van der Waals surface area contributed by atoms with Crippen LogP contribution in [0.1, 0.15) is 79.6 Å². The lowest BCUT2D eigenvalue weighted by molar-refractivity contribution is -0.151. The third-order valence-corrected chi connectivity index (χ3v) is 10.8. The van der Waals surface area contributed by atoms with E-state index in [1.54, 1.807) is 0 Å². The van der Waals surface area contributed by atoms with Gasteiger partial charge in [-0.15, -0.1) is 0 Å². The van der Waals surface area contributed by atoms with Crippen LogP contribution in [0.5, 0.6) is 0 Å². The normalized spacial score (nSPS) is 48.2. The molecule has 5 heteroatoms.